The molecule has 0 N–H and O–H groups in total. The maximum atomic E-state index is 14.6. The summed E-state index contributed by atoms with van der Waals surface area (Å²) in [4.78, 5) is 16.8. The third-order valence-corrected chi connectivity index (χ3v) is 11.3. The first kappa shape index (κ1) is 32.7. The lowest BCUT2D eigenvalue weighted by Gasteiger charge is -2.38. The van der Waals surface area contributed by atoms with Crippen LogP contribution in [0.5, 0.6) is 0 Å². The number of carbonyl (C=O) groups excluding carboxylic acids is 1. The molecule has 0 fully saturated rings. The molecule has 0 bridgehead atoms. The molecule has 1 aliphatic rings. The number of benzene rings is 8. The van der Waals surface area contributed by atoms with Crippen molar-refractivity contribution in [2.24, 2.45) is 0 Å². The van der Waals surface area contributed by atoms with Crippen LogP contribution < -0.4 is 4.90 Å². The molecular formula is C52H38N2O. The highest BCUT2D eigenvalue weighted by Gasteiger charge is 2.40. The van der Waals surface area contributed by atoms with Gasteiger partial charge in [0.1, 0.15) is 0 Å². The molecule has 0 spiro atoms. The average Bonchev–Trinajstić information content (AvgIpc) is 3.57. The number of aromatic nitrogens is 1. The predicted molar refractivity (Wildman–Crippen MR) is 228 cm³/mol. The Labute approximate surface area is 321 Å². The number of carbonyl (C=O) groups is 1. The number of para-hydroxylation sites is 4. The summed E-state index contributed by atoms with van der Waals surface area (Å²) in [6.07, 6.45) is 0. The Hall–Kier alpha value is -6.97. The largest absolute Gasteiger partial charge is 0.311 e. The highest BCUT2D eigenvalue weighted by atomic mass is 16.1. The summed E-state index contributed by atoms with van der Waals surface area (Å²) >= 11 is 0. The molecule has 0 saturated carbocycles. The molecular weight excluding hydrogens is 669 g/mol. The van der Waals surface area contributed by atoms with Gasteiger partial charge in [0.15, 0.2) is 5.78 Å². The van der Waals surface area contributed by atoms with E-state index in [1.54, 1.807) is 0 Å². The van der Waals surface area contributed by atoms with Gasteiger partial charge in [-0.15, -0.1) is 0 Å². The molecule has 1 heterocycles. The van der Waals surface area contributed by atoms with Gasteiger partial charge < -0.3 is 9.47 Å². The van der Waals surface area contributed by atoms with Crippen molar-refractivity contribution < 1.29 is 4.79 Å². The zero-order chi connectivity index (χ0) is 37.1. The highest BCUT2D eigenvalue weighted by molar-refractivity contribution is 6.16. The Morgan fingerprint density at radius 3 is 1.51 bits per heavy atom. The highest BCUT2D eigenvalue weighted by Crippen LogP contribution is 2.50. The summed E-state index contributed by atoms with van der Waals surface area (Å²) < 4.78 is 2.34. The second kappa shape index (κ2) is 12.9. The van der Waals surface area contributed by atoms with E-state index in [1.165, 1.54) is 16.3 Å². The van der Waals surface area contributed by atoms with Gasteiger partial charge in [-0.1, -0.05) is 141 Å². The van der Waals surface area contributed by atoms with Crippen LogP contribution in [0, 0.1) is 0 Å². The fourth-order valence-electron chi connectivity index (χ4n) is 8.97. The fraction of sp³-hybridized carbons (Fsp3) is 0.0577. The maximum absolute atomic E-state index is 14.6. The van der Waals surface area contributed by atoms with E-state index < -0.39 is 5.41 Å². The van der Waals surface area contributed by atoms with Crippen molar-refractivity contribution in [3.8, 4) is 27.9 Å². The Balaban J connectivity index is 1.10. The summed E-state index contributed by atoms with van der Waals surface area (Å²) in [5, 5.41) is 2.40. The molecule has 3 heteroatoms. The van der Waals surface area contributed by atoms with Gasteiger partial charge >= 0.3 is 0 Å². The standard InChI is InChI=1S/C52H38N2O/c1-52(2)49-41(35-28-31-40(32-29-35)53(37-16-6-3-7-17-37)38-18-8-4-9-19-38)23-14-25-44(49)51(55)45-26-15-24-42(50(45)52)36-30-33-48-46(34-36)43-22-12-13-27-47(43)54(48)39-20-10-5-11-21-39/h3-34H,1-2H3. The van der Waals surface area contributed by atoms with Gasteiger partial charge in [-0.25, -0.2) is 0 Å². The zero-order valence-corrected chi connectivity index (χ0v) is 30.8. The van der Waals surface area contributed by atoms with Crippen LogP contribution in [0.25, 0.3) is 49.7 Å². The van der Waals surface area contributed by atoms with Crippen molar-refractivity contribution in [2.45, 2.75) is 19.3 Å². The molecule has 10 rings (SSSR count). The number of anilines is 3. The Bertz CT molecular complexity index is 2850. The number of nitrogens with zero attached hydrogens (tertiary/aromatic N) is 2. The number of ketones is 1. The molecule has 0 unspecified atom stereocenters. The van der Waals surface area contributed by atoms with Crippen LogP contribution in [0.1, 0.15) is 40.9 Å². The maximum Gasteiger partial charge on any atom is 0.193 e. The molecule has 55 heavy (non-hydrogen) atoms. The molecule has 1 aromatic heterocycles. The molecule has 0 atom stereocenters. The third kappa shape index (κ3) is 5.23. The van der Waals surface area contributed by atoms with Crippen LogP contribution in [0.2, 0.25) is 0 Å². The van der Waals surface area contributed by atoms with Crippen molar-refractivity contribution in [1.29, 1.82) is 0 Å². The Morgan fingerprint density at radius 1 is 0.418 bits per heavy atom. The summed E-state index contributed by atoms with van der Waals surface area (Å²) in [5.74, 6) is 0.0748. The van der Waals surface area contributed by atoms with E-state index in [0.717, 1.165) is 72.8 Å². The van der Waals surface area contributed by atoms with Crippen molar-refractivity contribution in [2.75, 3.05) is 4.90 Å². The van der Waals surface area contributed by atoms with Gasteiger partial charge in [0, 0.05) is 50.1 Å². The molecule has 1 aliphatic carbocycles. The van der Waals surface area contributed by atoms with Crippen LogP contribution in [-0.4, -0.2) is 10.4 Å². The SMILES string of the molecule is CC1(C)c2c(cccc2-c2ccc(N(c3ccccc3)c3ccccc3)cc2)C(=O)c2cccc(-c3ccc4c(c3)c3ccccc3n4-c3ccccc3)c21. The number of hydrogen-bond acceptors (Lipinski definition) is 2. The summed E-state index contributed by atoms with van der Waals surface area (Å²) in [7, 11) is 0. The Kier molecular flexibility index (Phi) is 7.64. The molecule has 3 nitrogen and oxygen atoms in total. The van der Waals surface area contributed by atoms with Gasteiger partial charge in [0.25, 0.3) is 0 Å². The summed E-state index contributed by atoms with van der Waals surface area (Å²) in [6, 6.07) is 68.1. The fourth-order valence-corrected chi connectivity index (χ4v) is 8.97. The van der Waals surface area contributed by atoms with E-state index in [1.807, 2.05) is 36.4 Å². The molecule has 0 radical (unpaired) electrons. The van der Waals surface area contributed by atoms with Crippen LogP contribution >= 0.6 is 0 Å². The average molecular weight is 707 g/mol. The van der Waals surface area contributed by atoms with E-state index in [9.17, 15) is 4.79 Å². The minimum absolute atomic E-state index is 0.0748. The van der Waals surface area contributed by atoms with Crippen LogP contribution in [-0.2, 0) is 5.41 Å². The van der Waals surface area contributed by atoms with E-state index in [4.69, 9.17) is 0 Å². The lowest BCUT2D eigenvalue weighted by Crippen LogP contribution is -2.32. The third-order valence-electron chi connectivity index (χ3n) is 11.3. The zero-order valence-electron chi connectivity index (χ0n) is 30.8. The van der Waals surface area contributed by atoms with Gasteiger partial charge in [-0.05, 0) is 100 Å². The van der Waals surface area contributed by atoms with Crippen LogP contribution in [0.15, 0.2) is 194 Å². The first-order valence-corrected chi connectivity index (χ1v) is 18.9. The second-order valence-corrected chi connectivity index (χ2v) is 14.9. The summed E-state index contributed by atoms with van der Waals surface area (Å²) in [6.45, 7) is 4.57. The Morgan fingerprint density at radius 2 is 0.891 bits per heavy atom. The topological polar surface area (TPSA) is 25.2 Å². The van der Waals surface area contributed by atoms with E-state index in [2.05, 4.69) is 181 Å². The van der Waals surface area contributed by atoms with Crippen molar-refractivity contribution >= 4 is 44.7 Å². The minimum Gasteiger partial charge on any atom is -0.311 e. The first-order valence-electron chi connectivity index (χ1n) is 18.9. The molecule has 0 amide bonds. The van der Waals surface area contributed by atoms with E-state index in [-0.39, 0.29) is 5.78 Å². The van der Waals surface area contributed by atoms with Gasteiger partial charge in [-0.2, -0.15) is 0 Å². The molecule has 262 valence electrons. The lowest BCUT2D eigenvalue weighted by atomic mass is 9.64. The monoisotopic (exact) mass is 706 g/mol. The van der Waals surface area contributed by atoms with Crippen LogP contribution in [0.4, 0.5) is 17.1 Å². The van der Waals surface area contributed by atoms with Gasteiger partial charge in [-0.3, -0.25) is 4.79 Å². The lowest BCUT2D eigenvalue weighted by molar-refractivity contribution is 0.103. The van der Waals surface area contributed by atoms with Crippen LogP contribution in [0.3, 0.4) is 0 Å². The second-order valence-electron chi connectivity index (χ2n) is 14.9. The molecule has 9 aromatic rings. The summed E-state index contributed by atoms with van der Waals surface area (Å²) in [5.41, 5.74) is 14.3. The molecule has 8 aromatic carbocycles. The van der Waals surface area contributed by atoms with E-state index >= 15 is 0 Å². The van der Waals surface area contributed by atoms with Gasteiger partial charge in [0.05, 0.1) is 11.0 Å². The molecule has 0 saturated heterocycles. The smallest absolute Gasteiger partial charge is 0.193 e. The van der Waals surface area contributed by atoms with Crippen molar-refractivity contribution in [3.63, 3.8) is 0 Å². The predicted octanol–water partition coefficient (Wildman–Crippen LogP) is 13.5. The minimum atomic E-state index is -0.475. The quantitative estimate of drug-likeness (QED) is 0.172. The number of hydrogen-bond donors (Lipinski definition) is 0. The number of fused-ring (bicyclic) bond motifs is 5. The molecule has 0 aliphatic heterocycles. The number of rotatable bonds is 6. The normalized spacial score (nSPS) is 13.1. The van der Waals surface area contributed by atoms with E-state index in [0.29, 0.717) is 0 Å². The van der Waals surface area contributed by atoms with Crippen molar-refractivity contribution in [3.05, 3.63) is 216 Å². The van der Waals surface area contributed by atoms with Crippen molar-refractivity contribution in [1.82, 2.24) is 4.57 Å². The van der Waals surface area contributed by atoms with Gasteiger partial charge in [0.2, 0.25) is 0 Å². The first-order chi connectivity index (χ1) is 27.0.